The number of thiazole rings is 1. The minimum atomic E-state index is -0.0299. The molecule has 3 heterocycles. The maximum atomic E-state index is 12.6. The van der Waals surface area contributed by atoms with Crippen molar-refractivity contribution in [3.63, 3.8) is 0 Å². The second-order valence-corrected chi connectivity index (χ2v) is 9.25. The summed E-state index contributed by atoms with van der Waals surface area (Å²) in [5, 5.41) is 14.7. The highest BCUT2D eigenvalue weighted by Crippen LogP contribution is 2.24. The van der Waals surface area contributed by atoms with Crippen LogP contribution in [-0.4, -0.2) is 40.7 Å². The fourth-order valence-electron chi connectivity index (χ4n) is 3.08. The van der Waals surface area contributed by atoms with E-state index in [1.165, 1.54) is 0 Å². The quantitative estimate of drug-likeness (QED) is 0.821. The van der Waals surface area contributed by atoms with Crippen LogP contribution in [0.15, 0.2) is 17.5 Å². The molecule has 0 radical (unpaired) electrons. The van der Waals surface area contributed by atoms with Crippen LogP contribution >= 0.6 is 22.9 Å². The predicted octanol–water partition coefficient (Wildman–Crippen LogP) is 3.46. The van der Waals surface area contributed by atoms with Gasteiger partial charge in [0.1, 0.15) is 0 Å². The Morgan fingerprint density at radius 3 is 2.85 bits per heavy atom. The molecule has 2 aromatic rings. The SMILES string of the molecule is CC(C)(C)c1csc(CCNC(=O)[C@@H]2CCCN(c3ccc(Cl)nn3)C2)n1. The zero-order valence-corrected chi connectivity index (χ0v) is 17.6. The zero-order valence-electron chi connectivity index (χ0n) is 16.0. The summed E-state index contributed by atoms with van der Waals surface area (Å²) in [6.07, 6.45) is 2.63. The van der Waals surface area contributed by atoms with Crippen molar-refractivity contribution in [2.24, 2.45) is 5.92 Å². The summed E-state index contributed by atoms with van der Waals surface area (Å²) < 4.78 is 0. The van der Waals surface area contributed by atoms with Crippen molar-refractivity contribution in [2.75, 3.05) is 24.5 Å². The predicted molar refractivity (Wildman–Crippen MR) is 110 cm³/mol. The maximum Gasteiger partial charge on any atom is 0.224 e. The number of rotatable bonds is 5. The molecule has 1 amide bonds. The second kappa shape index (κ2) is 8.52. The van der Waals surface area contributed by atoms with Crippen LogP contribution in [0.2, 0.25) is 5.15 Å². The Kier molecular flexibility index (Phi) is 6.32. The molecule has 0 unspecified atom stereocenters. The molecule has 1 fully saturated rings. The lowest BCUT2D eigenvalue weighted by Crippen LogP contribution is -2.43. The molecule has 0 bridgehead atoms. The molecular weight excluding hydrogens is 382 g/mol. The van der Waals surface area contributed by atoms with Crippen molar-refractivity contribution in [3.05, 3.63) is 33.4 Å². The van der Waals surface area contributed by atoms with Crippen molar-refractivity contribution < 1.29 is 4.79 Å². The van der Waals surface area contributed by atoms with Crippen LogP contribution in [0.25, 0.3) is 0 Å². The number of carbonyl (C=O) groups is 1. The first-order chi connectivity index (χ1) is 12.8. The number of amides is 1. The molecule has 6 nitrogen and oxygen atoms in total. The number of hydrogen-bond donors (Lipinski definition) is 1. The molecule has 0 aliphatic carbocycles. The highest BCUT2D eigenvalue weighted by Gasteiger charge is 2.26. The first-order valence-electron chi connectivity index (χ1n) is 9.30. The Hall–Kier alpha value is -1.73. The average Bonchev–Trinajstić information content (AvgIpc) is 3.12. The van der Waals surface area contributed by atoms with Crippen molar-refractivity contribution >= 4 is 34.7 Å². The number of aromatic nitrogens is 3. The van der Waals surface area contributed by atoms with E-state index in [0.29, 0.717) is 18.2 Å². The fourth-order valence-corrected chi connectivity index (χ4v) is 4.21. The van der Waals surface area contributed by atoms with Crippen LogP contribution in [-0.2, 0) is 16.6 Å². The van der Waals surface area contributed by atoms with E-state index in [9.17, 15) is 4.79 Å². The van der Waals surface area contributed by atoms with E-state index < -0.39 is 0 Å². The normalized spacial score (nSPS) is 17.8. The lowest BCUT2D eigenvalue weighted by Gasteiger charge is -2.32. The van der Waals surface area contributed by atoms with Gasteiger partial charge in [-0.3, -0.25) is 4.79 Å². The summed E-state index contributed by atoms with van der Waals surface area (Å²) in [6, 6.07) is 3.58. The molecule has 27 heavy (non-hydrogen) atoms. The minimum Gasteiger partial charge on any atom is -0.355 e. The van der Waals surface area contributed by atoms with Crippen LogP contribution in [0.4, 0.5) is 5.82 Å². The summed E-state index contributed by atoms with van der Waals surface area (Å²) in [5.74, 6) is 0.848. The van der Waals surface area contributed by atoms with E-state index in [4.69, 9.17) is 11.6 Å². The van der Waals surface area contributed by atoms with E-state index in [0.717, 1.165) is 42.3 Å². The number of nitrogens with zero attached hydrogens (tertiary/aromatic N) is 4. The number of carbonyl (C=O) groups excluding carboxylic acids is 1. The van der Waals surface area contributed by atoms with Gasteiger partial charge in [-0.05, 0) is 25.0 Å². The molecule has 1 atom stereocenters. The van der Waals surface area contributed by atoms with Crippen LogP contribution in [0, 0.1) is 5.92 Å². The molecule has 0 spiro atoms. The largest absolute Gasteiger partial charge is 0.355 e. The van der Waals surface area contributed by atoms with Gasteiger partial charge in [-0.2, -0.15) is 0 Å². The van der Waals surface area contributed by atoms with Crippen molar-refractivity contribution in [3.8, 4) is 0 Å². The van der Waals surface area contributed by atoms with E-state index in [1.807, 2.05) is 6.07 Å². The molecular formula is C19H26ClN5OS. The zero-order chi connectivity index (χ0) is 19.4. The molecule has 0 saturated carbocycles. The maximum absolute atomic E-state index is 12.6. The first kappa shape index (κ1) is 20.0. The fraction of sp³-hybridized carbons (Fsp3) is 0.579. The number of nitrogens with one attached hydrogen (secondary N) is 1. The summed E-state index contributed by atoms with van der Waals surface area (Å²) in [4.78, 5) is 19.4. The Balaban J connectivity index is 1.49. The van der Waals surface area contributed by atoms with Crippen molar-refractivity contribution in [1.82, 2.24) is 20.5 Å². The summed E-state index contributed by atoms with van der Waals surface area (Å²) in [6.45, 7) is 8.64. The number of piperidine rings is 1. The molecule has 3 rings (SSSR count). The van der Waals surface area contributed by atoms with E-state index in [-0.39, 0.29) is 17.2 Å². The first-order valence-corrected chi connectivity index (χ1v) is 10.6. The molecule has 0 aromatic carbocycles. The van der Waals surface area contributed by atoms with Crippen LogP contribution in [0.1, 0.15) is 44.3 Å². The van der Waals surface area contributed by atoms with Gasteiger partial charge in [-0.1, -0.05) is 32.4 Å². The van der Waals surface area contributed by atoms with Gasteiger partial charge in [0, 0.05) is 36.9 Å². The number of halogens is 1. The van der Waals surface area contributed by atoms with Gasteiger partial charge in [-0.25, -0.2) is 4.98 Å². The topological polar surface area (TPSA) is 71.0 Å². The third kappa shape index (κ3) is 5.39. The second-order valence-electron chi connectivity index (χ2n) is 7.92. The molecule has 1 saturated heterocycles. The van der Waals surface area contributed by atoms with Crippen molar-refractivity contribution in [1.29, 1.82) is 0 Å². The molecule has 8 heteroatoms. The van der Waals surface area contributed by atoms with E-state index in [2.05, 4.69) is 51.5 Å². The van der Waals surface area contributed by atoms with E-state index >= 15 is 0 Å². The van der Waals surface area contributed by atoms with Gasteiger partial charge < -0.3 is 10.2 Å². The summed E-state index contributed by atoms with van der Waals surface area (Å²) >= 11 is 7.47. The van der Waals surface area contributed by atoms with Gasteiger partial charge in [0.2, 0.25) is 5.91 Å². The molecule has 1 N–H and O–H groups in total. The van der Waals surface area contributed by atoms with Crippen LogP contribution < -0.4 is 10.2 Å². The van der Waals surface area contributed by atoms with Gasteiger partial charge in [-0.15, -0.1) is 21.5 Å². The van der Waals surface area contributed by atoms with Gasteiger partial charge >= 0.3 is 0 Å². The highest BCUT2D eigenvalue weighted by atomic mass is 35.5. The molecule has 1 aliphatic rings. The monoisotopic (exact) mass is 407 g/mol. The van der Waals surface area contributed by atoms with Gasteiger partial charge in [0.15, 0.2) is 11.0 Å². The Labute approximate surface area is 169 Å². The number of hydrogen-bond acceptors (Lipinski definition) is 6. The third-order valence-corrected chi connectivity index (χ3v) is 5.80. The van der Waals surface area contributed by atoms with Crippen LogP contribution in [0.5, 0.6) is 0 Å². The molecule has 146 valence electrons. The minimum absolute atomic E-state index is 0.0299. The lowest BCUT2D eigenvalue weighted by atomic mass is 9.93. The Bertz CT molecular complexity index is 771. The Morgan fingerprint density at radius 2 is 2.19 bits per heavy atom. The van der Waals surface area contributed by atoms with Crippen LogP contribution in [0.3, 0.4) is 0 Å². The van der Waals surface area contributed by atoms with E-state index in [1.54, 1.807) is 17.4 Å². The Morgan fingerprint density at radius 1 is 1.37 bits per heavy atom. The van der Waals surface area contributed by atoms with Gasteiger partial charge in [0.25, 0.3) is 0 Å². The lowest BCUT2D eigenvalue weighted by molar-refractivity contribution is -0.125. The highest BCUT2D eigenvalue weighted by molar-refractivity contribution is 7.09. The van der Waals surface area contributed by atoms with Gasteiger partial charge in [0.05, 0.1) is 16.6 Å². The molecule has 2 aromatic heterocycles. The van der Waals surface area contributed by atoms with Crippen molar-refractivity contribution in [2.45, 2.75) is 45.4 Å². The molecule has 1 aliphatic heterocycles. The third-order valence-electron chi connectivity index (χ3n) is 4.69. The summed E-state index contributed by atoms with van der Waals surface area (Å²) in [5.41, 5.74) is 1.18. The smallest absolute Gasteiger partial charge is 0.224 e. The summed E-state index contributed by atoms with van der Waals surface area (Å²) in [7, 11) is 0. The average molecular weight is 408 g/mol. The number of anilines is 1. The standard InChI is InChI=1S/C19H26ClN5OS/c1-19(2,3)14-12-27-17(22-14)8-9-21-18(26)13-5-4-10-25(11-13)16-7-6-15(20)23-24-16/h6-7,12-13H,4-5,8-11H2,1-3H3,(H,21,26)/t13-/m1/s1.